The molecule has 0 saturated carbocycles. The average molecular weight is 343 g/mol. The van der Waals surface area contributed by atoms with Gasteiger partial charge in [-0.25, -0.2) is 0 Å². The van der Waals surface area contributed by atoms with Crippen LogP contribution in [-0.4, -0.2) is 37.0 Å². The van der Waals surface area contributed by atoms with Crippen LogP contribution in [0.1, 0.15) is 22.1 Å². The van der Waals surface area contributed by atoms with E-state index >= 15 is 0 Å². The third kappa shape index (κ3) is 2.71. The number of nitrogens with one attached hydrogen (secondary N) is 1. The first-order valence-electron chi connectivity index (χ1n) is 7.51. The van der Waals surface area contributed by atoms with E-state index in [-0.39, 0.29) is 17.3 Å². The number of nitrogens with zero attached hydrogens (tertiary/aromatic N) is 2. The van der Waals surface area contributed by atoms with Gasteiger partial charge in [-0.2, -0.15) is 0 Å². The highest BCUT2D eigenvalue weighted by molar-refractivity contribution is 6.01. The number of nitro groups is 1. The van der Waals surface area contributed by atoms with Crippen LogP contribution in [-0.2, 0) is 0 Å². The third-order valence-electron chi connectivity index (χ3n) is 4.18. The highest BCUT2D eigenvalue weighted by Gasteiger charge is 2.35. The summed E-state index contributed by atoms with van der Waals surface area (Å²) < 4.78 is 10.4. The van der Waals surface area contributed by atoms with Crippen molar-refractivity contribution in [2.75, 3.05) is 26.6 Å². The van der Waals surface area contributed by atoms with E-state index in [9.17, 15) is 14.9 Å². The Morgan fingerprint density at radius 1 is 1.16 bits per heavy atom. The van der Waals surface area contributed by atoms with Crippen LogP contribution in [0.2, 0.25) is 0 Å². The third-order valence-corrected chi connectivity index (χ3v) is 4.18. The van der Waals surface area contributed by atoms with Crippen LogP contribution >= 0.6 is 0 Å². The van der Waals surface area contributed by atoms with Gasteiger partial charge in [-0.3, -0.25) is 14.9 Å². The van der Waals surface area contributed by atoms with Gasteiger partial charge in [0.15, 0.2) is 11.5 Å². The molecule has 0 saturated heterocycles. The van der Waals surface area contributed by atoms with Crippen molar-refractivity contribution in [3.63, 3.8) is 0 Å². The summed E-state index contributed by atoms with van der Waals surface area (Å²) in [6.45, 7) is 0. The molecular formula is C17H17N3O5. The number of carbonyl (C=O) groups is 1. The molecule has 8 heteroatoms. The topological polar surface area (TPSA) is 93.9 Å². The van der Waals surface area contributed by atoms with E-state index in [4.69, 9.17) is 9.47 Å². The van der Waals surface area contributed by atoms with E-state index in [0.717, 1.165) is 0 Å². The summed E-state index contributed by atoms with van der Waals surface area (Å²) in [5.74, 6) is 0.385. The van der Waals surface area contributed by atoms with Crippen molar-refractivity contribution >= 4 is 17.3 Å². The largest absolute Gasteiger partial charge is 0.493 e. The smallest absolute Gasteiger partial charge is 0.280 e. The Morgan fingerprint density at radius 3 is 2.44 bits per heavy atom. The second kappa shape index (κ2) is 6.31. The average Bonchev–Trinajstić information content (AvgIpc) is 2.63. The second-order valence-electron chi connectivity index (χ2n) is 5.53. The van der Waals surface area contributed by atoms with Gasteiger partial charge in [-0.1, -0.05) is 12.1 Å². The summed E-state index contributed by atoms with van der Waals surface area (Å²) in [5.41, 5.74) is 1.30. The molecule has 0 fully saturated rings. The number of hydrogen-bond acceptors (Lipinski definition) is 6. The van der Waals surface area contributed by atoms with E-state index < -0.39 is 11.1 Å². The van der Waals surface area contributed by atoms with Crippen LogP contribution in [0.15, 0.2) is 36.4 Å². The Balaban J connectivity index is 2.15. The first-order chi connectivity index (χ1) is 12.0. The molecule has 3 rings (SSSR count). The molecule has 2 aromatic rings. The number of para-hydroxylation sites is 1. The summed E-state index contributed by atoms with van der Waals surface area (Å²) in [4.78, 5) is 25.1. The number of rotatable bonds is 4. The first-order valence-corrected chi connectivity index (χ1v) is 7.51. The van der Waals surface area contributed by atoms with E-state index in [1.807, 2.05) is 0 Å². The maximum Gasteiger partial charge on any atom is 0.280 e. The first kappa shape index (κ1) is 16.6. The number of ether oxygens (including phenoxy) is 2. The lowest BCUT2D eigenvalue weighted by Crippen LogP contribution is -2.40. The van der Waals surface area contributed by atoms with Gasteiger partial charge in [0, 0.05) is 12.7 Å². The van der Waals surface area contributed by atoms with Crippen LogP contribution in [0.5, 0.6) is 11.5 Å². The zero-order chi connectivity index (χ0) is 18.1. The monoisotopic (exact) mass is 343 g/mol. The van der Waals surface area contributed by atoms with E-state index in [0.29, 0.717) is 22.6 Å². The SMILES string of the molecule is COc1cc([C@@H]2Nc3ccccc3C(=O)N2C)c([N+](=O)[O-])cc1OC. The van der Waals surface area contributed by atoms with E-state index in [1.165, 1.54) is 31.3 Å². The quantitative estimate of drug-likeness (QED) is 0.678. The summed E-state index contributed by atoms with van der Waals surface area (Å²) in [6, 6.07) is 9.86. The Hall–Kier alpha value is -3.29. The lowest BCUT2D eigenvalue weighted by Gasteiger charge is -2.35. The minimum Gasteiger partial charge on any atom is -0.493 e. The summed E-state index contributed by atoms with van der Waals surface area (Å²) in [6.07, 6.45) is -0.706. The van der Waals surface area contributed by atoms with Gasteiger partial charge in [-0.05, 0) is 18.2 Å². The van der Waals surface area contributed by atoms with Crippen molar-refractivity contribution < 1.29 is 19.2 Å². The number of anilines is 1. The van der Waals surface area contributed by atoms with Gasteiger partial charge in [-0.15, -0.1) is 0 Å². The summed E-state index contributed by atoms with van der Waals surface area (Å²) in [5, 5.41) is 14.7. The van der Waals surface area contributed by atoms with Crippen molar-refractivity contribution in [3.8, 4) is 11.5 Å². The number of fused-ring (bicyclic) bond motifs is 1. The van der Waals surface area contributed by atoms with Gasteiger partial charge in [0.1, 0.15) is 6.17 Å². The molecule has 0 aromatic heterocycles. The molecule has 1 N–H and O–H groups in total. The highest BCUT2D eigenvalue weighted by atomic mass is 16.6. The number of carbonyl (C=O) groups excluding carboxylic acids is 1. The molecule has 1 aliphatic heterocycles. The fraction of sp³-hybridized carbons (Fsp3) is 0.235. The van der Waals surface area contributed by atoms with E-state index in [1.54, 1.807) is 31.3 Å². The fourth-order valence-electron chi connectivity index (χ4n) is 2.89. The van der Waals surface area contributed by atoms with Crippen molar-refractivity contribution in [1.29, 1.82) is 0 Å². The van der Waals surface area contributed by atoms with Crippen LogP contribution in [0, 0.1) is 10.1 Å². The van der Waals surface area contributed by atoms with Crippen LogP contribution in [0.25, 0.3) is 0 Å². The maximum absolute atomic E-state index is 12.6. The standard InChI is InChI=1S/C17H17N3O5/c1-19-16(18-12-7-5-4-6-10(12)17(19)21)11-8-14(24-2)15(25-3)9-13(11)20(22)23/h4-9,16,18H,1-3H3/t16-/m1/s1. The van der Waals surface area contributed by atoms with Crippen LogP contribution < -0.4 is 14.8 Å². The van der Waals surface area contributed by atoms with Crippen LogP contribution in [0.4, 0.5) is 11.4 Å². The Labute approximate surface area is 144 Å². The molecule has 0 unspecified atom stereocenters. The molecule has 0 radical (unpaired) electrons. The number of benzene rings is 2. The minimum atomic E-state index is -0.706. The molecule has 0 spiro atoms. The number of nitro benzene ring substituents is 1. The highest BCUT2D eigenvalue weighted by Crippen LogP contribution is 2.41. The number of hydrogen-bond donors (Lipinski definition) is 1. The van der Waals surface area contributed by atoms with Crippen molar-refractivity contribution in [2.45, 2.75) is 6.17 Å². The molecule has 1 heterocycles. The van der Waals surface area contributed by atoms with Gasteiger partial charge in [0.25, 0.3) is 11.6 Å². The summed E-state index contributed by atoms with van der Waals surface area (Å²) in [7, 11) is 4.45. The van der Waals surface area contributed by atoms with Gasteiger partial charge < -0.3 is 19.7 Å². The number of methoxy groups -OCH3 is 2. The molecule has 0 aliphatic carbocycles. The van der Waals surface area contributed by atoms with Gasteiger partial charge in [0.2, 0.25) is 0 Å². The molecule has 130 valence electrons. The number of amides is 1. The predicted molar refractivity (Wildman–Crippen MR) is 91.1 cm³/mol. The Bertz CT molecular complexity index is 852. The van der Waals surface area contributed by atoms with Crippen molar-refractivity contribution in [3.05, 3.63) is 57.6 Å². The lowest BCUT2D eigenvalue weighted by atomic mass is 10.0. The molecular weight excluding hydrogens is 326 g/mol. The zero-order valence-corrected chi connectivity index (χ0v) is 14.0. The Kier molecular flexibility index (Phi) is 4.18. The molecule has 1 aliphatic rings. The molecule has 8 nitrogen and oxygen atoms in total. The summed E-state index contributed by atoms with van der Waals surface area (Å²) >= 11 is 0. The fourth-order valence-corrected chi connectivity index (χ4v) is 2.89. The molecule has 25 heavy (non-hydrogen) atoms. The maximum atomic E-state index is 12.6. The zero-order valence-electron chi connectivity index (χ0n) is 14.0. The molecule has 0 bridgehead atoms. The van der Waals surface area contributed by atoms with Gasteiger partial charge in [0.05, 0.1) is 36.3 Å². The van der Waals surface area contributed by atoms with Crippen molar-refractivity contribution in [2.24, 2.45) is 0 Å². The van der Waals surface area contributed by atoms with E-state index in [2.05, 4.69) is 5.32 Å². The minimum absolute atomic E-state index is 0.158. The molecule has 1 amide bonds. The van der Waals surface area contributed by atoms with Crippen molar-refractivity contribution in [1.82, 2.24) is 4.90 Å². The normalized spacial score (nSPS) is 16.0. The second-order valence-corrected chi connectivity index (χ2v) is 5.53. The molecule has 2 aromatic carbocycles. The van der Waals surface area contributed by atoms with Gasteiger partial charge >= 0.3 is 0 Å². The van der Waals surface area contributed by atoms with Crippen LogP contribution in [0.3, 0.4) is 0 Å². The lowest BCUT2D eigenvalue weighted by molar-refractivity contribution is -0.385. The molecule has 1 atom stereocenters. The Morgan fingerprint density at radius 2 is 1.80 bits per heavy atom. The predicted octanol–water partition coefficient (Wildman–Crippen LogP) is 2.81.